The quantitative estimate of drug-likeness (QED) is 0.827. The van der Waals surface area contributed by atoms with Crippen LogP contribution < -0.4 is 5.32 Å². The summed E-state index contributed by atoms with van der Waals surface area (Å²) in [5.74, 6) is 0.0990. The Balaban J connectivity index is 2.40. The third kappa shape index (κ3) is 3.68. The molecule has 0 aliphatic carbocycles. The Morgan fingerprint density at radius 3 is 2.75 bits per heavy atom. The third-order valence-electron chi connectivity index (χ3n) is 2.67. The third-order valence-corrected chi connectivity index (χ3v) is 2.67. The molecular weight excluding hydrogens is 202 g/mol. The first-order chi connectivity index (χ1) is 7.52. The van der Waals surface area contributed by atoms with Crippen molar-refractivity contribution in [3.63, 3.8) is 0 Å². The molecule has 0 fully saturated rings. The van der Waals surface area contributed by atoms with Gasteiger partial charge in [0.25, 0.3) is 0 Å². The van der Waals surface area contributed by atoms with Crippen LogP contribution in [0.2, 0.25) is 0 Å². The first-order valence-electron chi connectivity index (χ1n) is 5.83. The molecule has 0 bridgehead atoms. The predicted molar refractivity (Wildman–Crippen MR) is 64.2 cm³/mol. The lowest BCUT2D eigenvalue weighted by atomic mass is 10.2. The number of aryl methyl sites for hydroxylation is 3. The van der Waals surface area contributed by atoms with Crippen LogP contribution in [-0.2, 0) is 11.3 Å². The van der Waals surface area contributed by atoms with Crippen LogP contribution in [0.25, 0.3) is 0 Å². The summed E-state index contributed by atoms with van der Waals surface area (Å²) in [6, 6.07) is 2.28. The standard InChI is InChI=1S/C12H21N3O/c1-5-9(2)13-12(16)6-7-15-11(4)8-10(3)14-15/h8-9H,5-7H2,1-4H3,(H,13,16)/t9-/m0/s1. The molecule has 0 spiro atoms. The monoisotopic (exact) mass is 223 g/mol. The van der Waals surface area contributed by atoms with Gasteiger partial charge in [0.05, 0.1) is 5.69 Å². The van der Waals surface area contributed by atoms with Gasteiger partial charge in [0.1, 0.15) is 0 Å². The van der Waals surface area contributed by atoms with Crippen molar-refractivity contribution in [1.29, 1.82) is 0 Å². The van der Waals surface area contributed by atoms with Crippen molar-refractivity contribution in [3.05, 3.63) is 17.5 Å². The topological polar surface area (TPSA) is 46.9 Å². The minimum atomic E-state index is 0.0990. The summed E-state index contributed by atoms with van der Waals surface area (Å²) in [7, 11) is 0. The molecule has 0 saturated heterocycles. The smallest absolute Gasteiger partial charge is 0.222 e. The van der Waals surface area contributed by atoms with Crippen molar-refractivity contribution >= 4 is 5.91 Å². The second-order valence-electron chi connectivity index (χ2n) is 4.28. The number of carbonyl (C=O) groups excluding carboxylic acids is 1. The molecule has 0 aromatic carbocycles. The maximum Gasteiger partial charge on any atom is 0.222 e. The summed E-state index contributed by atoms with van der Waals surface area (Å²) < 4.78 is 1.88. The van der Waals surface area contributed by atoms with Crippen molar-refractivity contribution < 1.29 is 4.79 Å². The summed E-state index contributed by atoms with van der Waals surface area (Å²) in [5.41, 5.74) is 2.11. The Labute approximate surface area is 97.0 Å². The minimum absolute atomic E-state index is 0.0990. The molecule has 0 saturated carbocycles. The predicted octanol–water partition coefficient (Wildman–Crippen LogP) is 1.80. The molecule has 0 aliphatic heterocycles. The molecule has 4 nitrogen and oxygen atoms in total. The van der Waals surface area contributed by atoms with Gasteiger partial charge in [-0.2, -0.15) is 5.10 Å². The van der Waals surface area contributed by atoms with Gasteiger partial charge < -0.3 is 5.32 Å². The molecule has 1 N–H and O–H groups in total. The number of aromatic nitrogens is 2. The molecule has 1 rings (SSSR count). The largest absolute Gasteiger partial charge is 0.354 e. The first-order valence-corrected chi connectivity index (χ1v) is 5.83. The van der Waals surface area contributed by atoms with E-state index in [2.05, 4.69) is 17.3 Å². The maximum atomic E-state index is 11.6. The molecule has 0 radical (unpaired) electrons. The van der Waals surface area contributed by atoms with Crippen LogP contribution in [0.1, 0.15) is 38.1 Å². The highest BCUT2D eigenvalue weighted by Crippen LogP contribution is 2.02. The van der Waals surface area contributed by atoms with Gasteiger partial charge in [-0.15, -0.1) is 0 Å². The number of carbonyl (C=O) groups is 1. The lowest BCUT2D eigenvalue weighted by Crippen LogP contribution is -2.32. The number of nitrogens with one attached hydrogen (secondary N) is 1. The number of amides is 1. The summed E-state index contributed by atoms with van der Waals surface area (Å²) in [6.45, 7) is 8.70. The molecule has 1 heterocycles. The Bertz CT molecular complexity index is 357. The average Bonchev–Trinajstić information content (AvgIpc) is 2.54. The van der Waals surface area contributed by atoms with Gasteiger partial charge in [0.15, 0.2) is 0 Å². The van der Waals surface area contributed by atoms with E-state index in [1.54, 1.807) is 0 Å². The van der Waals surface area contributed by atoms with E-state index in [4.69, 9.17) is 0 Å². The normalized spacial score (nSPS) is 12.5. The van der Waals surface area contributed by atoms with Gasteiger partial charge in [-0.1, -0.05) is 6.92 Å². The van der Waals surface area contributed by atoms with Crippen LogP contribution >= 0.6 is 0 Å². The second-order valence-corrected chi connectivity index (χ2v) is 4.28. The second kappa shape index (κ2) is 5.68. The van der Waals surface area contributed by atoms with Gasteiger partial charge in [-0.3, -0.25) is 9.48 Å². The highest BCUT2D eigenvalue weighted by atomic mass is 16.1. The first kappa shape index (κ1) is 12.7. The van der Waals surface area contributed by atoms with E-state index in [1.165, 1.54) is 0 Å². The highest BCUT2D eigenvalue weighted by Gasteiger charge is 2.07. The molecule has 16 heavy (non-hydrogen) atoms. The van der Waals surface area contributed by atoms with Crippen molar-refractivity contribution in [2.24, 2.45) is 0 Å². The molecule has 0 unspecified atom stereocenters. The minimum Gasteiger partial charge on any atom is -0.354 e. The summed E-state index contributed by atoms with van der Waals surface area (Å²) in [6.07, 6.45) is 1.46. The summed E-state index contributed by atoms with van der Waals surface area (Å²) >= 11 is 0. The molecule has 0 aliphatic rings. The molecule has 1 amide bonds. The van der Waals surface area contributed by atoms with Crippen LogP contribution in [0.3, 0.4) is 0 Å². The van der Waals surface area contributed by atoms with Crippen LogP contribution in [0.4, 0.5) is 0 Å². The SMILES string of the molecule is CC[C@H](C)NC(=O)CCn1nc(C)cc1C. The Morgan fingerprint density at radius 1 is 1.56 bits per heavy atom. The number of nitrogens with zero attached hydrogens (tertiary/aromatic N) is 2. The Kier molecular flexibility index (Phi) is 4.52. The van der Waals surface area contributed by atoms with E-state index in [0.29, 0.717) is 13.0 Å². The van der Waals surface area contributed by atoms with Crippen LogP contribution in [0.5, 0.6) is 0 Å². The van der Waals surface area contributed by atoms with E-state index in [9.17, 15) is 4.79 Å². The van der Waals surface area contributed by atoms with Gasteiger partial charge in [-0.05, 0) is 33.3 Å². The lowest BCUT2D eigenvalue weighted by Gasteiger charge is -2.11. The van der Waals surface area contributed by atoms with E-state index < -0.39 is 0 Å². The van der Waals surface area contributed by atoms with E-state index in [1.807, 2.05) is 31.5 Å². The zero-order valence-corrected chi connectivity index (χ0v) is 10.6. The zero-order valence-electron chi connectivity index (χ0n) is 10.6. The van der Waals surface area contributed by atoms with Crippen molar-refractivity contribution in [2.75, 3.05) is 0 Å². The Hall–Kier alpha value is -1.32. The Morgan fingerprint density at radius 2 is 2.25 bits per heavy atom. The molecule has 4 heteroatoms. The summed E-state index contributed by atoms with van der Waals surface area (Å²) in [4.78, 5) is 11.6. The average molecular weight is 223 g/mol. The van der Waals surface area contributed by atoms with Gasteiger partial charge in [-0.25, -0.2) is 0 Å². The van der Waals surface area contributed by atoms with Crippen molar-refractivity contribution in [2.45, 2.75) is 53.1 Å². The van der Waals surface area contributed by atoms with Crippen molar-refractivity contribution in [3.8, 4) is 0 Å². The highest BCUT2D eigenvalue weighted by molar-refractivity contribution is 5.76. The van der Waals surface area contributed by atoms with Crippen molar-refractivity contribution in [1.82, 2.24) is 15.1 Å². The van der Waals surface area contributed by atoms with Crippen LogP contribution in [0.15, 0.2) is 6.07 Å². The molecule has 90 valence electrons. The number of rotatable bonds is 5. The lowest BCUT2D eigenvalue weighted by molar-refractivity contribution is -0.121. The van der Waals surface area contributed by atoms with Gasteiger partial charge >= 0.3 is 0 Å². The fraction of sp³-hybridized carbons (Fsp3) is 0.667. The van der Waals surface area contributed by atoms with E-state index >= 15 is 0 Å². The molecule has 1 aromatic heterocycles. The fourth-order valence-corrected chi connectivity index (χ4v) is 1.56. The van der Waals surface area contributed by atoms with E-state index in [0.717, 1.165) is 17.8 Å². The molecule has 1 atom stereocenters. The fourth-order valence-electron chi connectivity index (χ4n) is 1.56. The summed E-state index contributed by atoms with van der Waals surface area (Å²) in [5, 5.41) is 7.26. The molecule has 1 aromatic rings. The van der Waals surface area contributed by atoms with Crippen LogP contribution in [-0.4, -0.2) is 21.7 Å². The van der Waals surface area contributed by atoms with Gasteiger partial charge in [0.2, 0.25) is 5.91 Å². The maximum absolute atomic E-state index is 11.6. The van der Waals surface area contributed by atoms with Gasteiger partial charge in [0, 0.05) is 24.7 Å². The van der Waals surface area contributed by atoms with Crippen LogP contribution in [0, 0.1) is 13.8 Å². The number of hydrogen-bond acceptors (Lipinski definition) is 2. The number of hydrogen-bond donors (Lipinski definition) is 1. The van der Waals surface area contributed by atoms with E-state index in [-0.39, 0.29) is 11.9 Å². The molecular formula is C12H21N3O. The zero-order chi connectivity index (χ0) is 12.1.